The molecule has 1 atom stereocenters. The van der Waals surface area contributed by atoms with Crippen molar-refractivity contribution < 1.29 is 0 Å². The fourth-order valence-electron chi connectivity index (χ4n) is 2.88. The van der Waals surface area contributed by atoms with Gasteiger partial charge >= 0.3 is 0 Å². The molecule has 2 heterocycles. The highest BCUT2D eigenvalue weighted by Crippen LogP contribution is 2.31. The Balaban J connectivity index is 1.95. The van der Waals surface area contributed by atoms with Gasteiger partial charge in [-0.1, -0.05) is 30.3 Å². The van der Waals surface area contributed by atoms with E-state index in [1.165, 1.54) is 11.3 Å². The predicted molar refractivity (Wildman–Crippen MR) is 81.8 cm³/mol. The third-order valence-corrected chi connectivity index (χ3v) is 3.92. The Bertz CT molecular complexity index is 573. The largest absolute Gasteiger partial charge is 0.359 e. The lowest BCUT2D eigenvalue weighted by atomic mass is 9.94. The monoisotopic (exact) mass is 270 g/mol. The third-order valence-electron chi connectivity index (χ3n) is 3.92. The number of hydrogen-bond acceptors (Lipinski definition) is 3. The SMILES string of the molecule is Cn1cc(N2CC(C)(C)NCC2c2ccccc2)cn1. The first-order valence-corrected chi connectivity index (χ1v) is 7.10. The van der Waals surface area contributed by atoms with Crippen molar-refractivity contribution in [3.8, 4) is 0 Å². The molecule has 1 aliphatic rings. The first-order chi connectivity index (χ1) is 9.55. The second-order valence-corrected chi connectivity index (χ2v) is 6.19. The summed E-state index contributed by atoms with van der Waals surface area (Å²) in [5.41, 5.74) is 2.65. The Kier molecular flexibility index (Phi) is 3.26. The fourth-order valence-corrected chi connectivity index (χ4v) is 2.88. The molecule has 4 heteroatoms. The normalized spacial score (nSPS) is 21.9. The molecule has 20 heavy (non-hydrogen) atoms. The quantitative estimate of drug-likeness (QED) is 0.909. The molecule has 0 aliphatic carbocycles. The van der Waals surface area contributed by atoms with Crippen molar-refractivity contribution in [1.82, 2.24) is 15.1 Å². The second-order valence-electron chi connectivity index (χ2n) is 6.19. The van der Waals surface area contributed by atoms with E-state index in [1.54, 1.807) is 0 Å². The average Bonchev–Trinajstić information content (AvgIpc) is 2.85. The zero-order valence-corrected chi connectivity index (χ0v) is 12.4. The lowest BCUT2D eigenvalue weighted by Gasteiger charge is -2.45. The van der Waals surface area contributed by atoms with Crippen molar-refractivity contribution >= 4 is 5.69 Å². The summed E-state index contributed by atoms with van der Waals surface area (Å²) in [5.74, 6) is 0. The minimum absolute atomic E-state index is 0.112. The Labute approximate surface area is 120 Å². The molecule has 1 fully saturated rings. The van der Waals surface area contributed by atoms with Gasteiger partial charge in [0.15, 0.2) is 0 Å². The Morgan fingerprint density at radius 1 is 1.25 bits per heavy atom. The molecule has 106 valence electrons. The van der Waals surface area contributed by atoms with Crippen LogP contribution in [0, 0.1) is 0 Å². The summed E-state index contributed by atoms with van der Waals surface area (Å²) < 4.78 is 1.87. The van der Waals surface area contributed by atoms with Gasteiger partial charge in [-0.05, 0) is 19.4 Å². The molecular formula is C16H22N4. The Hall–Kier alpha value is -1.81. The highest BCUT2D eigenvalue weighted by Gasteiger charge is 2.33. The molecule has 1 unspecified atom stereocenters. The number of hydrogen-bond donors (Lipinski definition) is 1. The summed E-state index contributed by atoms with van der Waals surface area (Å²) in [6.07, 6.45) is 4.05. The van der Waals surface area contributed by atoms with Crippen molar-refractivity contribution in [3.05, 3.63) is 48.3 Å². The van der Waals surface area contributed by atoms with Gasteiger partial charge in [0.2, 0.25) is 0 Å². The van der Waals surface area contributed by atoms with E-state index in [9.17, 15) is 0 Å². The Morgan fingerprint density at radius 3 is 2.65 bits per heavy atom. The van der Waals surface area contributed by atoms with E-state index in [1.807, 2.05) is 17.9 Å². The smallest absolute Gasteiger partial charge is 0.0758 e. The summed E-state index contributed by atoms with van der Waals surface area (Å²) in [6, 6.07) is 11.0. The molecule has 1 aromatic carbocycles. The van der Waals surface area contributed by atoms with Crippen molar-refractivity contribution in [1.29, 1.82) is 0 Å². The molecule has 1 saturated heterocycles. The molecule has 1 aromatic heterocycles. The summed E-state index contributed by atoms with van der Waals surface area (Å²) in [5, 5.41) is 7.97. The van der Waals surface area contributed by atoms with E-state index in [2.05, 4.69) is 65.7 Å². The van der Waals surface area contributed by atoms with Gasteiger partial charge in [0.05, 0.1) is 17.9 Å². The Morgan fingerprint density at radius 2 is 2.00 bits per heavy atom. The molecule has 3 rings (SSSR count). The first kappa shape index (κ1) is 13.2. The number of rotatable bonds is 2. The molecular weight excluding hydrogens is 248 g/mol. The highest BCUT2D eigenvalue weighted by molar-refractivity contribution is 5.47. The number of nitrogens with zero attached hydrogens (tertiary/aromatic N) is 3. The third kappa shape index (κ3) is 2.56. The van der Waals surface area contributed by atoms with Crippen molar-refractivity contribution in [2.24, 2.45) is 7.05 Å². The van der Waals surface area contributed by atoms with Crippen LogP contribution in [0.25, 0.3) is 0 Å². The average molecular weight is 270 g/mol. The topological polar surface area (TPSA) is 33.1 Å². The maximum Gasteiger partial charge on any atom is 0.0758 e. The standard InChI is InChI=1S/C16H22N4/c1-16(2)12-20(14-9-18-19(3)11-14)15(10-17-16)13-7-5-4-6-8-13/h4-9,11,15,17H,10,12H2,1-3H3. The van der Waals surface area contributed by atoms with Crippen molar-refractivity contribution in [2.75, 3.05) is 18.0 Å². The maximum absolute atomic E-state index is 4.32. The van der Waals surface area contributed by atoms with Gasteiger partial charge < -0.3 is 10.2 Å². The number of benzene rings is 1. The molecule has 0 spiro atoms. The predicted octanol–water partition coefficient (Wildman–Crippen LogP) is 2.35. The van der Waals surface area contributed by atoms with E-state index in [-0.39, 0.29) is 5.54 Å². The number of piperazine rings is 1. The number of anilines is 1. The minimum atomic E-state index is 0.112. The molecule has 2 aromatic rings. The first-order valence-electron chi connectivity index (χ1n) is 7.10. The molecule has 0 saturated carbocycles. The molecule has 4 nitrogen and oxygen atoms in total. The van der Waals surface area contributed by atoms with Crippen LogP contribution in [0.3, 0.4) is 0 Å². The lowest BCUT2D eigenvalue weighted by Crippen LogP contribution is -2.58. The lowest BCUT2D eigenvalue weighted by molar-refractivity contribution is 0.312. The van der Waals surface area contributed by atoms with Crippen molar-refractivity contribution in [2.45, 2.75) is 25.4 Å². The van der Waals surface area contributed by atoms with E-state index >= 15 is 0 Å². The fraction of sp³-hybridized carbons (Fsp3) is 0.438. The molecule has 0 radical (unpaired) electrons. The molecule has 0 amide bonds. The summed E-state index contributed by atoms with van der Waals surface area (Å²) in [7, 11) is 1.97. The van der Waals surface area contributed by atoms with Crippen LogP contribution in [0.5, 0.6) is 0 Å². The van der Waals surface area contributed by atoms with Crippen LogP contribution in [-0.2, 0) is 7.05 Å². The van der Waals surface area contributed by atoms with Gasteiger partial charge in [-0.3, -0.25) is 4.68 Å². The minimum Gasteiger partial charge on any atom is -0.359 e. The van der Waals surface area contributed by atoms with E-state index in [4.69, 9.17) is 0 Å². The van der Waals surface area contributed by atoms with E-state index in [0.29, 0.717) is 6.04 Å². The van der Waals surface area contributed by atoms with Crippen LogP contribution < -0.4 is 10.2 Å². The number of nitrogens with one attached hydrogen (secondary N) is 1. The summed E-state index contributed by atoms with van der Waals surface area (Å²) in [6.45, 7) is 6.42. The highest BCUT2D eigenvalue weighted by atomic mass is 15.3. The van der Waals surface area contributed by atoms with Gasteiger partial charge in [-0.25, -0.2) is 0 Å². The van der Waals surface area contributed by atoms with Crippen molar-refractivity contribution in [3.63, 3.8) is 0 Å². The van der Waals surface area contributed by atoms with Crippen LogP contribution in [-0.4, -0.2) is 28.4 Å². The summed E-state index contributed by atoms with van der Waals surface area (Å²) >= 11 is 0. The van der Waals surface area contributed by atoms with E-state index < -0.39 is 0 Å². The molecule has 1 N–H and O–H groups in total. The number of aryl methyl sites for hydroxylation is 1. The van der Waals surface area contributed by atoms with Crippen LogP contribution in [0.2, 0.25) is 0 Å². The van der Waals surface area contributed by atoms with E-state index in [0.717, 1.165) is 13.1 Å². The zero-order chi connectivity index (χ0) is 14.2. The zero-order valence-electron chi connectivity index (χ0n) is 12.4. The summed E-state index contributed by atoms with van der Waals surface area (Å²) in [4.78, 5) is 2.46. The molecule has 0 bridgehead atoms. The van der Waals surface area contributed by atoms with Crippen LogP contribution in [0.1, 0.15) is 25.5 Å². The van der Waals surface area contributed by atoms with Gasteiger partial charge in [0, 0.05) is 31.9 Å². The van der Waals surface area contributed by atoms with Gasteiger partial charge in [-0.2, -0.15) is 5.10 Å². The van der Waals surface area contributed by atoms with Crippen LogP contribution >= 0.6 is 0 Å². The maximum atomic E-state index is 4.32. The van der Waals surface area contributed by atoms with Gasteiger partial charge in [0.25, 0.3) is 0 Å². The van der Waals surface area contributed by atoms with Crippen LogP contribution in [0.15, 0.2) is 42.7 Å². The van der Waals surface area contributed by atoms with Gasteiger partial charge in [-0.15, -0.1) is 0 Å². The second kappa shape index (κ2) is 4.94. The molecule has 1 aliphatic heterocycles. The van der Waals surface area contributed by atoms with Crippen LogP contribution in [0.4, 0.5) is 5.69 Å². The van der Waals surface area contributed by atoms with Gasteiger partial charge in [0.1, 0.15) is 0 Å². The number of aromatic nitrogens is 2.